The van der Waals surface area contributed by atoms with Gasteiger partial charge in [-0.15, -0.1) is 0 Å². The molecule has 2 aromatic carbocycles. The zero-order chi connectivity index (χ0) is 14.5. The predicted octanol–water partition coefficient (Wildman–Crippen LogP) is 2.93. The van der Waals surface area contributed by atoms with Gasteiger partial charge in [-0.1, -0.05) is 19.1 Å². The molecule has 0 aliphatic rings. The van der Waals surface area contributed by atoms with E-state index in [-0.39, 0.29) is 5.91 Å². The van der Waals surface area contributed by atoms with Crippen molar-refractivity contribution in [1.29, 1.82) is 0 Å². The second-order valence-corrected chi connectivity index (χ2v) is 4.56. The van der Waals surface area contributed by atoms with Gasteiger partial charge in [0.1, 0.15) is 0 Å². The minimum atomic E-state index is -0.142. The Labute approximate surface area is 119 Å². The van der Waals surface area contributed by atoms with Crippen LogP contribution in [-0.4, -0.2) is 13.0 Å². The van der Waals surface area contributed by atoms with Crippen molar-refractivity contribution in [1.82, 2.24) is 5.32 Å². The Morgan fingerprint density at radius 2 is 2.00 bits per heavy atom. The number of amides is 1. The van der Waals surface area contributed by atoms with Crippen LogP contribution in [0.3, 0.4) is 0 Å². The third kappa shape index (κ3) is 3.09. The van der Waals surface area contributed by atoms with Gasteiger partial charge >= 0.3 is 0 Å². The summed E-state index contributed by atoms with van der Waals surface area (Å²) in [7, 11) is 1.60. The van der Waals surface area contributed by atoms with Gasteiger partial charge in [0.25, 0.3) is 5.91 Å². The van der Waals surface area contributed by atoms with Crippen molar-refractivity contribution in [3.8, 4) is 0 Å². The summed E-state index contributed by atoms with van der Waals surface area (Å²) in [6.45, 7) is 2.12. The SMILES string of the molecule is CCc1cccc(Nc2ccc(C(=O)NC)cc2N)c1. The molecule has 0 heterocycles. The van der Waals surface area contributed by atoms with E-state index in [2.05, 4.69) is 29.7 Å². The number of rotatable bonds is 4. The Morgan fingerprint density at radius 3 is 2.65 bits per heavy atom. The number of nitrogens with one attached hydrogen (secondary N) is 2. The number of carbonyl (C=O) groups is 1. The van der Waals surface area contributed by atoms with Crippen molar-refractivity contribution in [2.75, 3.05) is 18.1 Å². The molecule has 0 saturated heterocycles. The van der Waals surface area contributed by atoms with Crippen LogP contribution in [0.15, 0.2) is 42.5 Å². The molecular weight excluding hydrogens is 250 g/mol. The van der Waals surface area contributed by atoms with Crippen molar-refractivity contribution in [3.05, 3.63) is 53.6 Å². The average Bonchev–Trinajstić information content (AvgIpc) is 2.48. The molecule has 0 bridgehead atoms. The second-order valence-electron chi connectivity index (χ2n) is 4.56. The van der Waals surface area contributed by atoms with Gasteiger partial charge in [-0.05, 0) is 42.3 Å². The van der Waals surface area contributed by atoms with Crippen molar-refractivity contribution < 1.29 is 4.79 Å². The monoisotopic (exact) mass is 269 g/mol. The molecule has 0 aliphatic carbocycles. The van der Waals surface area contributed by atoms with Gasteiger partial charge in [0.2, 0.25) is 0 Å². The van der Waals surface area contributed by atoms with Crippen molar-refractivity contribution >= 4 is 23.0 Å². The Morgan fingerprint density at radius 1 is 1.20 bits per heavy atom. The summed E-state index contributed by atoms with van der Waals surface area (Å²) in [6, 6.07) is 13.4. The highest BCUT2D eigenvalue weighted by molar-refractivity contribution is 5.96. The molecule has 0 aromatic heterocycles. The lowest BCUT2D eigenvalue weighted by molar-refractivity contribution is 0.0963. The summed E-state index contributed by atoms with van der Waals surface area (Å²) >= 11 is 0. The number of hydrogen-bond acceptors (Lipinski definition) is 3. The molecule has 0 spiro atoms. The van der Waals surface area contributed by atoms with E-state index in [9.17, 15) is 4.79 Å². The molecule has 4 N–H and O–H groups in total. The Kier molecular flexibility index (Phi) is 4.25. The van der Waals surface area contributed by atoms with Gasteiger partial charge < -0.3 is 16.4 Å². The lowest BCUT2D eigenvalue weighted by Crippen LogP contribution is -2.17. The molecule has 0 aliphatic heterocycles. The summed E-state index contributed by atoms with van der Waals surface area (Å²) in [4.78, 5) is 11.5. The van der Waals surface area contributed by atoms with E-state index in [0.29, 0.717) is 11.3 Å². The van der Waals surface area contributed by atoms with Gasteiger partial charge in [0.15, 0.2) is 0 Å². The number of nitrogen functional groups attached to an aromatic ring is 1. The number of aryl methyl sites for hydroxylation is 1. The first-order valence-electron chi connectivity index (χ1n) is 6.61. The molecule has 2 rings (SSSR count). The molecule has 4 heteroatoms. The highest BCUT2D eigenvalue weighted by Crippen LogP contribution is 2.24. The zero-order valence-corrected chi connectivity index (χ0v) is 11.7. The number of anilines is 3. The number of benzene rings is 2. The fourth-order valence-electron chi connectivity index (χ4n) is 1.99. The van der Waals surface area contributed by atoms with Crippen molar-refractivity contribution in [2.45, 2.75) is 13.3 Å². The van der Waals surface area contributed by atoms with Crippen LogP contribution in [0.2, 0.25) is 0 Å². The minimum Gasteiger partial charge on any atom is -0.397 e. The van der Waals surface area contributed by atoms with Gasteiger partial charge in [-0.2, -0.15) is 0 Å². The van der Waals surface area contributed by atoms with E-state index in [4.69, 9.17) is 5.73 Å². The fourth-order valence-corrected chi connectivity index (χ4v) is 1.99. The van der Waals surface area contributed by atoms with Crippen molar-refractivity contribution in [3.63, 3.8) is 0 Å². The zero-order valence-electron chi connectivity index (χ0n) is 11.7. The van der Waals surface area contributed by atoms with Gasteiger partial charge in [-0.3, -0.25) is 4.79 Å². The molecule has 4 nitrogen and oxygen atoms in total. The lowest BCUT2D eigenvalue weighted by Gasteiger charge is -2.11. The first-order valence-corrected chi connectivity index (χ1v) is 6.61. The number of nitrogens with two attached hydrogens (primary N) is 1. The van der Waals surface area contributed by atoms with E-state index in [1.165, 1.54) is 5.56 Å². The number of carbonyl (C=O) groups excluding carboxylic acids is 1. The molecule has 1 amide bonds. The van der Waals surface area contributed by atoms with Gasteiger partial charge in [-0.25, -0.2) is 0 Å². The topological polar surface area (TPSA) is 67.2 Å². The Hall–Kier alpha value is -2.49. The van der Waals surface area contributed by atoms with Crippen LogP contribution in [0.4, 0.5) is 17.1 Å². The van der Waals surface area contributed by atoms with Crippen LogP contribution in [-0.2, 0) is 6.42 Å². The maximum atomic E-state index is 11.5. The van der Waals surface area contributed by atoms with Crippen molar-refractivity contribution in [2.24, 2.45) is 0 Å². The second kappa shape index (κ2) is 6.10. The fraction of sp³-hybridized carbons (Fsp3) is 0.188. The summed E-state index contributed by atoms with van der Waals surface area (Å²) < 4.78 is 0. The standard InChI is InChI=1S/C16H19N3O/c1-3-11-5-4-6-13(9-11)19-15-8-7-12(10-14(15)17)16(20)18-2/h4-10,19H,3,17H2,1-2H3,(H,18,20). The molecular formula is C16H19N3O. The highest BCUT2D eigenvalue weighted by Gasteiger charge is 2.06. The lowest BCUT2D eigenvalue weighted by atomic mass is 10.1. The van der Waals surface area contributed by atoms with Gasteiger partial charge in [0.05, 0.1) is 11.4 Å². The smallest absolute Gasteiger partial charge is 0.251 e. The predicted molar refractivity (Wildman–Crippen MR) is 83.3 cm³/mol. The average molecular weight is 269 g/mol. The van der Waals surface area contributed by atoms with Crippen LogP contribution in [0.1, 0.15) is 22.8 Å². The molecule has 0 unspecified atom stereocenters. The summed E-state index contributed by atoms with van der Waals surface area (Å²) in [6.07, 6.45) is 0.987. The van der Waals surface area contributed by atoms with Crippen LogP contribution >= 0.6 is 0 Å². The molecule has 104 valence electrons. The maximum Gasteiger partial charge on any atom is 0.251 e. The molecule has 0 radical (unpaired) electrons. The molecule has 0 saturated carbocycles. The molecule has 0 fully saturated rings. The summed E-state index contributed by atoms with van der Waals surface area (Å²) in [5.74, 6) is -0.142. The van der Waals surface area contributed by atoms with Gasteiger partial charge in [0, 0.05) is 18.3 Å². The largest absolute Gasteiger partial charge is 0.397 e. The van der Waals surface area contributed by atoms with E-state index >= 15 is 0 Å². The summed E-state index contributed by atoms with van der Waals surface area (Å²) in [5, 5.41) is 5.85. The van der Waals surface area contributed by atoms with Crippen LogP contribution in [0.25, 0.3) is 0 Å². The highest BCUT2D eigenvalue weighted by atomic mass is 16.1. The first-order chi connectivity index (χ1) is 9.63. The molecule has 2 aromatic rings. The van der Waals surface area contributed by atoms with Crippen LogP contribution in [0.5, 0.6) is 0 Å². The quantitative estimate of drug-likeness (QED) is 0.748. The minimum absolute atomic E-state index is 0.142. The molecule has 20 heavy (non-hydrogen) atoms. The third-order valence-electron chi connectivity index (χ3n) is 3.16. The Balaban J connectivity index is 2.23. The first kappa shape index (κ1) is 13.9. The van der Waals surface area contributed by atoms with E-state index in [0.717, 1.165) is 17.8 Å². The molecule has 0 atom stereocenters. The van der Waals surface area contributed by atoms with E-state index in [1.54, 1.807) is 19.2 Å². The maximum absolute atomic E-state index is 11.5. The van der Waals surface area contributed by atoms with Crippen LogP contribution in [0, 0.1) is 0 Å². The van der Waals surface area contributed by atoms with E-state index in [1.807, 2.05) is 18.2 Å². The summed E-state index contributed by atoms with van der Waals surface area (Å²) in [5.41, 5.74) is 10.1. The third-order valence-corrected chi connectivity index (χ3v) is 3.16. The van der Waals surface area contributed by atoms with E-state index < -0.39 is 0 Å². The normalized spacial score (nSPS) is 10.1. The number of hydrogen-bond donors (Lipinski definition) is 3. The Bertz CT molecular complexity index is 623. The van der Waals surface area contributed by atoms with Crippen LogP contribution < -0.4 is 16.4 Å².